The van der Waals surface area contributed by atoms with Crippen LogP contribution in [-0.4, -0.2) is 12.3 Å². The fraction of sp³-hybridized carbons (Fsp3) is 0.375. The van der Waals surface area contributed by atoms with Crippen molar-refractivity contribution in [2.24, 2.45) is 0 Å². The van der Waals surface area contributed by atoms with Crippen LogP contribution in [0.2, 0.25) is 0 Å². The van der Waals surface area contributed by atoms with Gasteiger partial charge in [-0.25, -0.2) is 0 Å². The molecule has 4 heteroatoms. The second-order valence-electron chi connectivity index (χ2n) is 19.1. The summed E-state index contributed by atoms with van der Waals surface area (Å²) in [7, 11) is 0. The molecule has 1 saturated carbocycles. The molecule has 0 N–H and O–H groups in total. The van der Waals surface area contributed by atoms with E-state index in [1.807, 2.05) is 0 Å². The van der Waals surface area contributed by atoms with Crippen LogP contribution in [0.3, 0.4) is 0 Å². The maximum atomic E-state index is 6.69. The van der Waals surface area contributed by atoms with E-state index < -0.39 is 0 Å². The maximum absolute atomic E-state index is 6.69. The van der Waals surface area contributed by atoms with Crippen LogP contribution in [0.4, 0.5) is 28.4 Å². The van der Waals surface area contributed by atoms with Crippen molar-refractivity contribution in [3.63, 3.8) is 0 Å². The van der Waals surface area contributed by atoms with Gasteiger partial charge in [-0.15, -0.1) is 0 Å². The second-order valence-corrected chi connectivity index (χ2v) is 19.1. The Kier molecular flexibility index (Phi) is 6.30. The summed E-state index contributed by atoms with van der Waals surface area (Å²) in [6.45, 7) is 24.0. The average molecular weight is 683 g/mol. The maximum Gasteiger partial charge on any atom is 0.252 e. The summed E-state index contributed by atoms with van der Waals surface area (Å²) < 4.78 is 6.69. The lowest BCUT2D eigenvalue weighted by Crippen LogP contribution is -2.64. The molecule has 2 atom stereocenters. The van der Waals surface area contributed by atoms with Crippen molar-refractivity contribution in [2.75, 3.05) is 9.80 Å². The zero-order chi connectivity index (χ0) is 36.3. The molecule has 1 aliphatic carbocycles. The van der Waals surface area contributed by atoms with Gasteiger partial charge in [-0.1, -0.05) is 104 Å². The highest BCUT2D eigenvalue weighted by atomic mass is 16.3. The van der Waals surface area contributed by atoms with Crippen molar-refractivity contribution < 1.29 is 4.42 Å². The largest absolute Gasteiger partial charge is 0.456 e. The highest BCUT2D eigenvalue weighted by molar-refractivity contribution is 7.00. The number of fused-ring (bicyclic) bond motifs is 10. The molecule has 10 rings (SSSR count). The Hall–Kier alpha value is -4.44. The van der Waals surface area contributed by atoms with E-state index in [4.69, 9.17) is 4.42 Å². The predicted octanol–water partition coefficient (Wildman–Crippen LogP) is 11.2. The highest BCUT2D eigenvalue weighted by Gasteiger charge is 2.61. The monoisotopic (exact) mass is 682 g/mol. The third-order valence-electron chi connectivity index (χ3n) is 13.8. The summed E-state index contributed by atoms with van der Waals surface area (Å²) >= 11 is 0. The van der Waals surface area contributed by atoms with Gasteiger partial charge in [-0.3, -0.25) is 0 Å². The van der Waals surface area contributed by atoms with Gasteiger partial charge in [0.1, 0.15) is 11.2 Å². The number of aryl methyl sites for hydroxylation is 2. The molecule has 2 unspecified atom stereocenters. The Bertz CT molecular complexity index is 2530. The number of nitrogens with zero attached hydrogens (tertiary/aromatic N) is 2. The zero-order valence-corrected chi connectivity index (χ0v) is 32.7. The van der Waals surface area contributed by atoms with Gasteiger partial charge in [-0.05, 0) is 125 Å². The number of hydrogen-bond donors (Lipinski definition) is 0. The number of para-hydroxylation sites is 1. The van der Waals surface area contributed by atoms with Crippen LogP contribution in [0, 0.1) is 13.8 Å². The number of rotatable bonds is 1. The van der Waals surface area contributed by atoms with Gasteiger partial charge in [0.2, 0.25) is 0 Å². The van der Waals surface area contributed by atoms with E-state index in [9.17, 15) is 0 Å². The standard InChI is InChI=1S/C48H51BN2O/c1-28-21-39-43-40(22-28)51-44-34(47(9)19-13-14-20-48(47,51)10)24-31(46(6,7)8)25-36(44)49(43)35-27-42-33(32-15-11-12-16-41(32)52-42)26-38(35)50(39)37-18-17-30(23-29(37)2)45(3,4)5/h11-12,15-18,21-27H,13-14,19-20H2,1-10H3. The van der Waals surface area contributed by atoms with Gasteiger partial charge >= 0.3 is 0 Å². The van der Waals surface area contributed by atoms with Crippen LogP contribution >= 0.6 is 0 Å². The van der Waals surface area contributed by atoms with Crippen LogP contribution in [0.5, 0.6) is 0 Å². The van der Waals surface area contributed by atoms with E-state index in [1.54, 1.807) is 5.56 Å². The van der Waals surface area contributed by atoms with Gasteiger partial charge in [-0.2, -0.15) is 0 Å². The van der Waals surface area contributed by atoms with Crippen LogP contribution < -0.4 is 26.2 Å². The van der Waals surface area contributed by atoms with Gasteiger partial charge in [0.15, 0.2) is 0 Å². The lowest BCUT2D eigenvalue weighted by atomic mass is 9.33. The molecule has 5 aromatic carbocycles. The van der Waals surface area contributed by atoms with Gasteiger partial charge in [0.05, 0.1) is 5.54 Å². The first kappa shape index (κ1) is 32.2. The molecule has 6 aromatic rings. The van der Waals surface area contributed by atoms with Crippen molar-refractivity contribution in [1.29, 1.82) is 0 Å². The minimum absolute atomic E-state index is 0.0105. The average Bonchev–Trinajstić information content (AvgIpc) is 3.54. The van der Waals surface area contributed by atoms with E-state index in [0.717, 1.165) is 11.2 Å². The second kappa shape index (κ2) is 10.2. The summed E-state index contributed by atoms with van der Waals surface area (Å²) in [4.78, 5) is 5.46. The molecule has 3 aliphatic heterocycles. The molecule has 0 radical (unpaired) electrons. The summed E-state index contributed by atoms with van der Waals surface area (Å²) in [6, 6.07) is 30.7. The summed E-state index contributed by atoms with van der Waals surface area (Å²) in [5.74, 6) is 0. The smallest absolute Gasteiger partial charge is 0.252 e. The van der Waals surface area contributed by atoms with E-state index in [1.165, 1.54) is 104 Å². The van der Waals surface area contributed by atoms with Crippen molar-refractivity contribution >= 4 is 73.5 Å². The Morgan fingerprint density at radius 1 is 0.654 bits per heavy atom. The Labute approximate surface area is 310 Å². The molecule has 1 aromatic heterocycles. The van der Waals surface area contributed by atoms with E-state index in [-0.39, 0.29) is 28.5 Å². The third-order valence-corrected chi connectivity index (χ3v) is 13.8. The van der Waals surface area contributed by atoms with Gasteiger partial charge in [0, 0.05) is 44.6 Å². The molecule has 0 spiro atoms. The lowest BCUT2D eigenvalue weighted by Gasteiger charge is -2.53. The topological polar surface area (TPSA) is 19.6 Å². The summed E-state index contributed by atoms with van der Waals surface area (Å²) in [6.07, 6.45) is 4.98. The Morgan fingerprint density at radius 3 is 2.13 bits per heavy atom. The first-order chi connectivity index (χ1) is 24.6. The first-order valence-electron chi connectivity index (χ1n) is 19.6. The van der Waals surface area contributed by atoms with E-state index in [0.29, 0.717) is 0 Å². The molecule has 52 heavy (non-hydrogen) atoms. The van der Waals surface area contributed by atoms with Crippen molar-refractivity contribution in [1.82, 2.24) is 0 Å². The van der Waals surface area contributed by atoms with E-state index in [2.05, 4.69) is 158 Å². The molecule has 0 bridgehead atoms. The SMILES string of the molecule is Cc1cc2c3c(c1)N1c4c(cc(C(C)(C)C)cc4C4(C)CCCCC14C)B3c1cc3oc4ccccc4c3cc1N2c1ccc(C(C)(C)C)cc1C. The Morgan fingerprint density at radius 2 is 1.38 bits per heavy atom. The fourth-order valence-electron chi connectivity index (χ4n) is 10.8. The van der Waals surface area contributed by atoms with Crippen LogP contribution in [-0.2, 0) is 16.2 Å². The number of hydrogen-bond acceptors (Lipinski definition) is 3. The van der Waals surface area contributed by atoms with Crippen molar-refractivity contribution in [3.8, 4) is 0 Å². The molecular weight excluding hydrogens is 631 g/mol. The number of benzene rings is 5. The molecule has 3 nitrogen and oxygen atoms in total. The molecule has 4 heterocycles. The third kappa shape index (κ3) is 4.05. The molecular formula is C48H51BN2O. The lowest BCUT2D eigenvalue weighted by molar-refractivity contribution is 0.195. The van der Waals surface area contributed by atoms with Crippen LogP contribution in [0.1, 0.15) is 109 Å². The van der Waals surface area contributed by atoms with Gasteiger partial charge in [0.25, 0.3) is 6.71 Å². The molecule has 262 valence electrons. The van der Waals surface area contributed by atoms with Crippen LogP contribution in [0.15, 0.2) is 83.3 Å². The Balaban J connectivity index is 1.36. The normalized spacial score (nSPS) is 21.8. The zero-order valence-electron chi connectivity index (χ0n) is 32.7. The number of anilines is 5. The number of furan rings is 1. The van der Waals surface area contributed by atoms with Crippen molar-refractivity contribution in [2.45, 2.75) is 117 Å². The molecule has 4 aliphatic rings. The first-order valence-corrected chi connectivity index (χ1v) is 19.6. The molecule has 0 saturated heterocycles. The fourth-order valence-corrected chi connectivity index (χ4v) is 10.8. The quantitative estimate of drug-likeness (QED) is 0.161. The summed E-state index contributed by atoms with van der Waals surface area (Å²) in [5.41, 5.74) is 20.0. The van der Waals surface area contributed by atoms with Crippen molar-refractivity contribution in [3.05, 3.63) is 107 Å². The minimum Gasteiger partial charge on any atom is -0.456 e. The molecule has 1 fully saturated rings. The predicted molar refractivity (Wildman–Crippen MR) is 223 cm³/mol. The summed E-state index contributed by atoms with van der Waals surface area (Å²) in [5, 5.41) is 2.35. The molecule has 0 amide bonds. The minimum atomic E-state index is -0.0105. The highest BCUT2D eigenvalue weighted by Crippen LogP contribution is 2.62. The van der Waals surface area contributed by atoms with Gasteiger partial charge < -0.3 is 14.2 Å². The van der Waals surface area contributed by atoms with E-state index >= 15 is 0 Å². The van der Waals surface area contributed by atoms with Crippen LogP contribution in [0.25, 0.3) is 21.9 Å².